The molecule has 1 aliphatic carbocycles. The van der Waals surface area contributed by atoms with Crippen LogP contribution in [0.1, 0.15) is 51.9 Å². The Morgan fingerprint density at radius 3 is 2.51 bits per heavy atom. The van der Waals surface area contributed by atoms with E-state index < -0.39 is 29.6 Å². The summed E-state index contributed by atoms with van der Waals surface area (Å²) in [4.78, 5) is 45.4. The molecule has 3 aliphatic heterocycles. The number of likely N-dealkylation sites (N-methyl/N-ethyl adjacent to an activating group) is 1. The monoisotopic (exact) mass is 576 g/mol. The molecule has 10 heteroatoms. The van der Waals surface area contributed by atoms with Gasteiger partial charge < -0.3 is 25.2 Å². The maximum absolute atomic E-state index is 14.1. The zero-order chi connectivity index (χ0) is 27.7. The summed E-state index contributed by atoms with van der Waals surface area (Å²) in [5.41, 5.74) is -0.721. The van der Waals surface area contributed by atoms with Gasteiger partial charge in [0.15, 0.2) is 0 Å². The molecule has 5 atom stereocenters. The predicted molar refractivity (Wildman–Crippen MR) is 152 cm³/mol. The molecule has 1 aromatic carbocycles. The van der Waals surface area contributed by atoms with E-state index >= 15 is 0 Å². The van der Waals surface area contributed by atoms with Crippen LogP contribution in [0, 0.1) is 11.8 Å². The predicted octanol–water partition coefficient (Wildman–Crippen LogP) is 4.26. The van der Waals surface area contributed by atoms with E-state index in [0.29, 0.717) is 28.8 Å². The molecule has 3 amide bonds. The number of halogens is 2. The molecule has 212 valence electrons. The summed E-state index contributed by atoms with van der Waals surface area (Å²) >= 11 is 12.3. The molecule has 3 heterocycles. The first-order chi connectivity index (χ1) is 18.7. The minimum atomic E-state index is -1.17. The van der Waals surface area contributed by atoms with Crippen molar-refractivity contribution in [2.45, 2.75) is 75.7 Å². The smallest absolute Gasteiger partial charge is 0.246 e. The average Bonchev–Trinajstić information content (AvgIpc) is 3.53. The van der Waals surface area contributed by atoms with Crippen molar-refractivity contribution in [3.8, 4) is 0 Å². The second kappa shape index (κ2) is 11.8. The second-order valence-corrected chi connectivity index (χ2v) is 12.3. The number of ether oxygens (including phenoxy) is 1. The van der Waals surface area contributed by atoms with Crippen molar-refractivity contribution in [2.24, 2.45) is 11.8 Å². The quantitative estimate of drug-likeness (QED) is 0.406. The summed E-state index contributed by atoms with van der Waals surface area (Å²) in [7, 11) is 2.03. The lowest BCUT2D eigenvalue weighted by Crippen LogP contribution is -2.57. The minimum absolute atomic E-state index is 0.0973. The van der Waals surface area contributed by atoms with Gasteiger partial charge in [-0.05, 0) is 51.1 Å². The number of unbranched alkanes of at least 4 members (excludes halogenated alkanes) is 1. The number of benzene rings is 1. The van der Waals surface area contributed by atoms with E-state index in [4.69, 9.17) is 27.9 Å². The van der Waals surface area contributed by atoms with Crippen LogP contribution in [-0.2, 0) is 19.1 Å². The third-order valence-electron chi connectivity index (χ3n) is 8.62. The van der Waals surface area contributed by atoms with Crippen LogP contribution in [0.4, 0.5) is 5.69 Å². The van der Waals surface area contributed by atoms with E-state index in [2.05, 4.69) is 22.5 Å². The zero-order valence-electron chi connectivity index (χ0n) is 22.6. The highest BCUT2D eigenvalue weighted by atomic mass is 35.5. The second-order valence-electron chi connectivity index (χ2n) is 11.4. The van der Waals surface area contributed by atoms with Crippen LogP contribution in [0.25, 0.3) is 0 Å². The van der Waals surface area contributed by atoms with E-state index in [1.807, 2.05) is 19.2 Å². The number of anilines is 1. The summed E-state index contributed by atoms with van der Waals surface area (Å²) in [6.45, 7) is 4.08. The molecule has 0 radical (unpaired) electrons. The summed E-state index contributed by atoms with van der Waals surface area (Å²) < 4.78 is 6.44. The van der Waals surface area contributed by atoms with E-state index in [-0.39, 0.29) is 23.8 Å². The van der Waals surface area contributed by atoms with Crippen molar-refractivity contribution >= 4 is 46.6 Å². The number of carbonyl (C=O) groups is 3. The first kappa shape index (κ1) is 28.4. The van der Waals surface area contributed by atoms with Gasteiger partial charge in [0.1, 0.15) is 11.6 Å². The highest BCUT2D eigenvalue weighted by Crippen LogP contribution is 2.55. The molecular formula is C29H38Cl2N4O4. The van der Waals surface area contributed by atoms with Crippen LogP contribution in [0.2, 0.25) is 10.0 Å². The Kier molecular flexibility index (Phi) is 8.57. The molecule has 1 saturated carbocycles. The fourth-order valence-corrected chi connectivity index (χ4v) is 7.23. The molecular weight excluding hydrogens is 539 g/mol. The Morgan fingerprint density at radius 2 is 1.82 bits per heavy atom. The van der Waals surface area contributed by atoms with Crippen molar-refractivity contribution in [1.29, 1.82) is 0 Å². The molecule has 5 rings (SSSR count). The Labute approximate surface area is 240 Å². The molecule has 3 fully saturated rings. The Morgan fingerprint density at radius 1 is 1.10 bits per heavy atom. The summed E-state index contributed by atoms with van der Waals surface area (Å²) in [6, 6.07) is 4.08. The van der Waals surface area contributed by atoms with Crippen molar-refractivity contribution in [2.75, 3.05) is 32.0 Å². The normalized spacial score (nSPS) is 29.8. The third kappa shape index (κ3) is 5.58. The third-order valence-corrected chi connectivity index (χ3v) is 9.06. The molecule has 3 unspecified atom stereocenters. The van der Waals surface area contributed by atoms with Gasteiger partial charge in [-0.1, -0.05) is 68.0 Å². The highest BCUT2D eigenvalue weighted by molar-refractivity contribution is 6.35. The lowest BCUT2D eigenvalue weighted by atomic mass is 9.74. The number of nitrogens with zero attached hydrogens (tertiary/aromatic N) is 2. The largest absolute Gasteiger partial charge is 0.359 e. The first-order valence-corrected chi connectivity index (χ1v) is 14.9. The van der Waals surface area contributed by atoms with Gasteiger partial charge in [0, 0.05) is 34.9 Å². The molecule has 1 aromatic rings. The van der Waals surface area contributed by atoms with Gasteiger partial charge in [0.2, 0.25) is 17.7 Å². The van der Waals surface area contributed by atoms with E-state index in [1.165, 1.54) is 6.42 Å². The maximum Gasteiger partial charge on any atom is 0.246 e. The summed E-state index contributed by atoms with van der Waals surface area (Å²) in [5, 5.41) is 6.90. The van der Waals surface area contributed by atoms with Crippen LogP contribution in [-0.4, -0.2) is 78.0 Å². The Hall–Kier alpha value is -2.13. The van der Waals surface area contributed by atoms with Gasteiger partial charge in [0.05, 0.1) is 17.9 Å². The van der Waals surface area contributed by atoms with Crippen LogP contribution in [0.5, 0.6) is 0 Å². The van der Waals surface area contributed by atoms with Crippen LogP contribution < -0.4 is 10.6 Å². The fourth-order valence-electron chi connectivity index (χ4n) is 6.70. The molecule has 4 aliphatic rings. The SMILES string of the molecule is CCCCN(C)CCN1C(=O)[C@@H]2C(C(=O)Nc3cc(Cl)cc(Cl)c3)[C@@H]3C=CC2(O3)C1C(=O)NC1CCCCC1. The van der Waals surface area contributed by atoms with Gasteiger partial charge in [-0.15, -0.1) is 0 Å². The average molecular weight is 578 g/mol. The first-order valence-electron chi connectivity index (χ1n) is 14.2. The zero-order valence-corrected chi connectivity index (χ0v) is 24.1. The van der Waals surface area contributed by atoms with E-state index in [0.717, 1.165) is 45.1 Å². The van der Waals surface area contributed by atoms with Crippen LogP contribution in [0.15, 0.2) is 30.4 Å². The molecule has 0 aromatic heterocycles. The van der Waals surface area contributed by atoms with Gasteiger partial charge in [-0.2, -0.15) is 0 Å². The van der Waals surface area contributed by atoms with Gasteiger partial charge >= 0.3 is 0 Å². The number of amides is 3. The van der Waals surface area contributed by atoms with Crippen molar-refractivity contribution < 1.29 is 19.1 Å². The number of fused-ring (bicyclic) bond motifs is 1. The van der Waals surface area contributed by atoms with Gasteiger partial charge in [0.25, 0.3) is 0 Å². The van der Waals surface area contributed by atoms with Crippen LogP contribution in [0.3, 0.4) is 0 Å². The molecule has 2 saturated heterocycles. The Bertz CT molecular complexity index is 1120. The van der Waals surface area contributed by atoms with Gasteiger partial charge in [-0.25, -0.2) is 0 Å². The number of carbonyl (C=O) groups excluding carboxylic acids is 3. The number of hydrogen-bond donors (Lipinski definition) is 2. The highest BCUT2D eigenvalue weighted by Gasteiger charge is 2.72. The molecule has 2 bridgehead atoms. The lowest BCUT2D eigenvalue weighted by Gasteiger charge is -2.34. The van der Waals surface area contributed by atoms with E-state index in [1.54, 1.807) is 23.1 Å². The lowest BCUT2D eigenvalue weighted by molar-refractivity contribution is -0.141. The standard InChI is InChI=1S/C29H38Cl2N4O4/c1-3-4-12-34(2)13-14-35-25(27(37)32-20-8-6-5-7-9-20)29-11-10-22(39-29)23(24(29)28(35)38)26(36)33-21-16-18(30)15-19(31)17-21/h10-11,15-17,20,22-25H,3-9,12-14H2,1-2H3,(H,32,37)(H,33,36)/t22-,23?,24-,25?,29?/m0/s1. The number of rotatable bonds is 10. The summed E-state index contributed by atoms with van der Waals surface area (Å²) in [6.07, 6.45) is 10.5. The number of hydrogen-bond acceptors (Lipinski definition) is 5. The van der Waals surface area contributed by atoms with Crippen molar-refractivity contribution in [1.82, 2.24) is 15.1 Å². The van der Waals surface area contributed by atoms with Gasteiger partial charge in [-0.3, -0.25) is 14.4 Å². The summed E-state index contributed by atoms with van der Waals surface area (Å²) in [5.74, 6) is -2.31. The van der Waals surface area contributed by atoms with Crippen molar-refractivity contribution in [3.63, 3.8) is 0 Å². The topological polar surface area (TPSA) is 91.0 Å². The number of nitrogens with one attached hydrogen (secondary N) is 2. The Balaban J connectivity index is 1.41. The molecule has 8 nitrogen and oxygen atoms in total. The number of likely N-dealkylation sites (tertiary alicyclic amines) is 1. The van der Waals surface area contributed by atoms with E-state index in [9.17, 15) is 14.4 Å². The fraction of sp³-hybridized carbons (Fsp3) is 0.621. The minimum Gasteiger partial charge on any atom is -0.359 e. The molecule has 39 heavy (non-hydrogen) atoms. The molecule has 2 N–H and O–H groups in total. The van der Waals surface area contributed by atoms with Crippen molar-refractivity contribution in [3.05, 3.63) is 40.4 Å². The molecule has 1 spiro atoms. The van der Waals surface area contributed by atoms with Crippen LogP contribution >= 0.6 is 23.2 Å². The maximum atomic E-state index is 14.1.